The number of benzene rings is 2. The number of hydrogen-bond donors (Lipinski definition) is 1. The minimum Gasteiger partial charge on any atom is -0.478 e. The highest BCUT2D eigenvalue weighted by atomic mass is 16.4. The van der Waals surface area contributed by atoms with Gasteiger partial charge in [-0.1, -0.05) is 25.7 Å². The zero-order valence-corrected chi connectivity index (χ0v) is 14.3. The summed E-state index contributed by atoms with van der Waals surface area (Å²) >= 11 is 0. The van der Waals surface area contributed by atoms with Crippen molar-refractivity contribution >= 4 is 11.7 Å². The van der Waals surface area contributed by atoms with Gasteiger partial charge in [0.25, 0.3) is 0 Å². The van der Waals surface area contributed by atoms with Gasteiger partial charge in [0.2, 0.25) is 0 Å². The van der Waals surface area contributed by atoms with E-state index in [-0.39, 0.29) is 11.0 Å². The first-order valence-electron chi connectivity index (χ1n) is 8.08. The molecule has 0 bridgehead atoms. The molecule has 0 radical (unpaired) electrons. The normalized spacial score (nSPS) is 15.2. The third kappa shape index (κ3) is 3.14. The van der Waals surface area contributed by atoms with Gasteiger partial charge in [0, 0.05) is 30.4 Å². The van der Waals surface area contributed by atoms with Crippen molar-refractivity contribution < 1.29 is 9.90 Å². The van der Waals surface area contributed by atoms with Gasteiger partial charge >= 0.3 is 5.97 Å². The summed E-state index contributed by atoms with van der Waals surface area (Å²) in [6.07, 6.45) is 1.13. The van der Waals surface area contributed by atoms with Gasteiger partial charge < -0.3 is 10.0 Å². The minimum atomic E-state index is -0.921. The Labute approximate surface area is 142 Å². The van der Waals surface area contributed by atoms with Crippen LogP contribution in [0, 0.1) is 11.8 Å². The van der Waals surface area contributed by atoms with E-state index in [9.17, 15) is 4.79 Å². The molecule has 1 heterocycles. The summed E-state index contributed by atoms with van der Waals surface area (Å²) < 4.78 is 0. The Balaban J connectivity index is 1.91. The Morgan fingerprint density at radius 2 is 1.71 bits per heavy atom. The van der Waals surface area contributed by atoms with Crippen LogP contribution in [-0.2, 0) is 5.41 Å². The second kappa shape index (κ2) is 6.05. The zero-order valence-electron chi connectivity index (χ0n) is 14.3. The lowest BCUT2D eigenvalue weighted by molar-refractivity contribution is 0.0697. The Hall–Kier alpha value is -2.73. The average molecular weight is 319 g/mol. The number of hydrogen-bond acceptors (Lipinski definition) is 2. The standard InChI is InChI=1S/C21H21NO2/c1-21(2)12-13-22(3)19-11-8-16(14-18(19)21)5-4-15-6-9-17(10-7-15)20(23)24/h6-11,14H,12-13H2,1-3H3,(H,23,24). The monoisotopic (exact) mass is 319 g/mol. The van der Waals surface area contributed by atoms with Crippen molar-refractivity contribution in [3.05, 3.63) is 64.7 Å². The van der Waals surface area contributed by atoms with E-state index in [4.69, 9.17) is 5.11 Å². The smallest absolute Gasteiger partial charge is 0.335 e. The van der Waals surface area contributed by atoms with Gasteiger partial charge in [0.1, 0.15) is 0 Å². The van der Waals surface area contributed by atoms with E-state index in [2.05, 4.69) is 55.8 Å². The molecule has 1 aliphatic rings. The lowest BCUT2D eigenvalue weighted by Crippen LogP contribution is -2.34. The fraction of sp³-hybridized carbons (Fsp3) is 0.286. The van der Waals surface area contributed by atoms with Crippen molar-refractivity contribution in [1.82, 2.24) is 0 Å². The molecule has 0 amide bonds. The summed E-state index contributed by atoms with van der Waals surface area (Å²) in [7, 11) is 2.13. The van der Waals surface area contributed by atoms with Gasteiger partial charge in [-0.2, -0.15) is 0 Å². The lowest BCUT2D eigenvalue weighted by atomic mass is 9.77. The summed E-state index contributed by atoms with van der Waals surface area (Å²) in [4.78, 5) is 13.2. The number of carboxylic acid groups (broad SMARTS) is 1. The number of fused-ring (bicyclic) bond motifs is 1. The molecule has 1 aliphatic heterocycles. The van der Waals surface area contributed by atoms with Crippen LogP contribution in [0.1, 0.15) is 47.3 Å². The van der Waals surface area contributed by atoms with Gasteiger partial charge in [0.05, 0.1) is 5.56 Å². The van der Waals surface area contributed by atoms with E-state index >= 15 is 0 Å². The lowest BCUT2D eigenvalue weighted by Gasteiger charge is -2.38. The number of nitrogens with zero attached hydrogens (tertiary/aromatic N) is 1. The van der Waals surface area contributed by atoms with Crippen LogP contribution in [0.2, 0.25) is 0 Å². The van der Waals surface area contributed by atoms with E-state index in [1.165, 1.54) is 11.3 Å². The Bertz CT molecular complexity index is 838. The molecule has 122 valence electrons. The minimum absolute atomic E-state index is 0.155. The van der Waals surface area contributed by atoms with Gasteiger partial charge in [-0.05, 0) is 59.9 Å². The summed E-state index contributed by atoms with van der Waals surface area (Å²) in [6, 6.07) is 13.0. The zero-order chi connectivity index (χ0) is 17.3. The van der Waals surface area contributed by atoms with Crippen LogP contribution in [0.25, 0.3) is 0 Å². The molecule has 24 heavy (non-hydrogen) atoms. The van der Waals surface area contributed by atoms with Crippen molar-refractivity contribution in [2.75, 3.05) is 18.5 Å². The van der Waals surface area contributed by atoms with Crippen LogP contribution in [0.4, 0.5) is 5.69 Å². The molecule has 0 aromatic heterocycles. The molecule has 3 heteroatoms. The SMILES string of the molecule is CN1CCC(C)(C)c2cc(C#Cc3ccc(C(=O)O)cc3)ccc21. The molecule has 0 spiro atoms. The third-order valence-corrected chi connectivity index (χ3v) is 4.69. The van der Waals surface area contributed by atoms with Gasteiger partial charge in [-0.25, -0.2) is 4.79 Å². The van der Waals surface area contributed by atoms with Crippen molar-refractivity contribution in [3.8, 4) is 11.8 Å². The molecule has 1 N–H and O–H groups in total. The second-order valence-electron chi connectivity index (χ2n) is 6.92. The average Bonchev–Trinajstić information content (AvgIpc) is 2.57. The molecule has 2 aromatic rings. The maximum Gasteiger partial charge on any atom is 0.335 e. The van der Waals surface area contributed by atoms with Crippen molar-refractivity contribution in [3.63, 3.8) is 0 Å². The van der Waals surface area contributed by atoms with Crippen molar-refractivity contribution in [2.45, 2.75) is 25.7 Å². The van der Waals surface area contributed by atoms with Crippen LogP contribution in [-0.4, -0.2) is 24.7 Å². The Morgan fingerprint density at radius 1 is 1.08 bits per heavy atom. The van der Waals surface area contributed by atoms with Gasteiger partial charge in [-0.3, -0.25) is 0 Å². The summed E-state index contributed by atoms with van der Waals surface area (Å²) in [5, 5.41) is 8.93. The molecule has 0 aliphatic carbocycles. The van der Waals surface area contributed by atoms with E-state index in [1.807, 2.05) is 0 Å². The Morgan fingerprint density at radius 3 is 2.38 bits per heavy atom. The van der Waals surface area contributed by atoms with Crippen LogP contribution < -0.4 is 4.90 Å². The van der Waals surface area contributed by atoms with Gasteiger partial charge in [-0.15, -0.1) is 0 Å². The number of anilines is 1. The fourth-order valence-corrected chi connectivity index (χ4v) is 3.03. The van der Waals surface area contributed by atoms with Gasteiger partial charge in [0.15, 0.2) is 0 Å². The number of carboxylic acids is 1. The highest BCUT2D eigenvalue weighted by Gasteiger charge is 2.29. The van der Waals surface area contributed by atoms with Crippen molar-refractivity contribution in [2.24, 2.45) is 0 Å². The van der Waals surface area contributed by atoms with Crippen LogP contribution in [0.5, 0.6) is 0 Å². The number of carbonyl (C=O) groups is 1. The topological polar surface area (TPSA) is 40.5 Å². The predicted octanol–water partition coefficient (Wildman–Crippen LogP) is 3.90. The van der Waals surface area contributed by atoms with Crippen molar-refractivity contribution in [1.29, 1.82) is 0 Å². The molecule has 0 unspecified atom stereocenters. The predicted molar refractivity (Wildman–Crippen MR) is 96.7 cm³/mol. The highest BCUT2D eigenvalue weighted by Crippen LogP contribution is 2.39. The molecule has 2 aromatic carbocycles. The summed E-state index contributed by atoms with van der Waals surface area (Å²) in [6.45, 7) is 5.63. The maximum absolute atomic E-state index is 10.9. The van der Waals surface area contributed by atoms with Crippen LogP contribution in [0.3, 0.4) is 0 Å². The first-order valence-corrected chi connectivity index (χ1v) is 8.08. The molecule has 0 saturated carbocycles. The Kier molecular flexibility index (Phi) is 4.07. The van der Waals surface area contributed by atoms with E-state index < -0.39 is 5.97 Å². The second-order valence-corrected chi connectivity index (χ2v) is 6.92. The maximum atomic E-state index is 10.9. The first kappa shape index (κ1) is 16.1. The van der Waals surface area contributed by atoms with E-state index in [1.54, 1.807) is 24.3 Å². The molecule has 0 saturated heterocycles. The summed E-state index contributed by atoms with van der Waals surface area (Å²) in [5.41, 5.74) is 4.85. The molecular weight excluding hydrogens is 298 g/mol. The fourth-order valence-electron chi connectivity index (χ4n) is 3.03. The highest BCUT2D eigenvalue weighted by molar-refractivity contribution is 5.87. The molecule has 3 rings (SSSR count). The molecular formula is C21H21NO2. The largest absolute Gasteiger partial charge is 0.478 e. The molecule has 3 nitrogen and oxygen atoms in total. The van der Waals surface area contributed by atoms with Crippen LogP contribution >= 0.6 is 0 Å². The third-order valence-electron chi connectivity index (χ3n) is 4.69. The number of rotatable bonds is 1. The van der Waals surface area contributed by atoms with E-state index in [0.29, 0.717) is 0 Å². The quantitative estimate of drug-likeness (QED) is 0.810. The number of aromatic carboxylic acids is 1. The summed E-state index contributed by atoms with van der Waals surface area (Å²) in [5.74, 6) is 5.39. The first-order chi connectivity index (χ1) is 11.4. The van der Waals surface area contributed by atoms with Crippen LogP contribution in [0.15, 0.2) is 42.5 Å². The molecule has 0 fully saturated rings. The molecule has 0 atom stereocenters. The van der Waals surface area contributed by atoms with E-state index in [0.717, 1.165) is 24.1 Å².